The van der Waals surface area contributed by atoms with Crippen LogP contribution in [0.25, 0.3) is 0 Å². The highest BCUT2D eigenvalue weighted by Gasteiger charge is 2.16. The van der Waals surface area contributed by atoms with Crippen LogP contribution in [-0.2, 0) is 17.6 Å². The van der Waals surface area contributed by atoms with E-state index in [4.69, 9.17) is 9.47 Å². The molecule has 0 spiro atoms. The topological polar surface area (TPSA) is 30.5 Å². The lowest BCUT2D eigenvalue weighted by atomic mass is 10.1. The Morgan fingerprint density at radius 3 is 3.11 bits per heavy atom. The molecule has 0 radical (unpaired) electrons. The molecule has 0 aliphatic carbocycles. The number of hydrogen-bond donors (Lipinski definition) is 1. The van der Waals surface area contributed by atoms with Crippen LogP contribution in [-0.4, -0.2) is 32.9 Å². The molecule has 0 unspecified atom stereocenters. The van der Waals surface area contributed by atoms with Crippen molar-refractivity contribution in [2.45, 2.75) is 19.8 Å². The summed E-state index contributed by atoms with van der Waals surface area (Å²) < 4.78 is 12.4. The van der Waals surface area contributed by atoms with Crippen molar-refractivity contribution in [1.29, 1.82) is 0 Å². The summed E-state index contributed by atoms with van der Waals surface area (Å²) in [6.45, 7) is 6.34. The van der Waals surface area contributed by atoms with Crippen LogP contribution in [0.4, 0.5) is 0 Å². The molecule has 0 bridgehead atoms. The van der Waals surface area contributed by atoms with Crippen LogP contribution in [0.15, 0.2) is 16.6 Å². The summed E-state index contributed by atoms with van der Waals surface area (Å²) in [4.78, 5) is 0. The van der Waals surface area contributed by atoms with Gasteiger partial charge in [-0.3, -0.25) is 0 Å². The van der Waals surface area contributed by atoms with Crippen molar-refractivity contribution in [3.8, 4) is 5.75 Å². The average Bonchev–Trinajstić information content (AvgIpc) is 2.81. The first-order chi connectivity index (χ1) is 8.81. The van der Waals surface area contributed by atoms with E-state index in [-0.39, 0.29) is 0 Å². The van der Waals surface area contributed by atoms with E-state index in [2.05, 4.69) is 40.3 Å². The summed E-state index contributed by atoms with van der Waals surface area (Å²) in [5.41, 5.74) is 2.56. The van der Waals surface area contributed by atoms with Gasteiger partial charge in [0.1, 0.15) is 5.75 Å². The van der Waals surface area contributed by atoms with Gasteiger partial charge in [0, 0.05) is 17.4 Å². The minimum absolute atomic E-state index is 0.748. The molecule has 0 aromatic heterocycles. The van der Waals surface area contributed by atoms with Crippen LogP contribution in [0.5, 0.6) is 5.75 Å². The third-order valence-electron chi connectivity index (χ3n) is 3.01. The van der Waals surface area contributed by atoms with Crippen LogP contribution in [0.2, 0.25) is 0 Å². The van der Waals surface area contributed by atoms with Gasteiger partial charge in [0.15, 0.2) is 0 Å². The number of ether oxygens (including phenoxy) is 2. The van der Waals surface area contributed by atoms with Gasteiger partial charge >= 0.3 is 0 Å². The molecule has 1 N–H and O–H groups in total. The average molecular weight is 314 g/mol. The SMILES string of the molecule is CCNCCOCCc1cc(Br)cc2c1OCC2. The van der Waals surface area contributed by atoms with Crippen molar-refractivity contribution in [2.75, 3.05) is 32.9 Å². The Balaban J connectivity index is 1.82. The molecule has 100 valence electrons. The van der Waals surface area contributed by atoms with Gasteiger partial charge in [-0.2, -0.15) is 0 Å². The van der Waals surface area contributed by atoms with E-state index in [1.807, 2.05) is 0 Å². The highest BCUT2D eigenvalue weighted by atomic mass is 79.9. The molecule has 1 aromatic rings. The van der Waals surface area contributed by atoms with Crippen molar-refractivity contribution in [2.24, 2.45) is 0 Å². The predicted octanol–water partition coefficient (Wildman–Crippen LogP) is 2.55. The normalized spacial score (nSPS) is 13.4. The summed E-state index contributed by atoms with van der Waals surface area (Å²) in [7, 11) is 0. The van der Waals surface area contributed by atoms with Crippen LogP contribution < -0.4 is 10.1 Å². The second kappa shape index (κ2) is 7.12. The van der Waals surface area contributed by atoms with Gasteiger partial charge in [-0.25, -0.2) is 0 Å². The Labute approximate surface area is 117 Å². The van der Waals surface area contributed by atoms with Gasteiger partial charge in [-0.05, 0) is 36.2 Å². The Morgan fingerprint density at radius 1 is 1.39 bits per heavy atom. The molecule has 0 fully saturated rings. The molecule has 1 aliphatic heterocycles. The van der Waals surface area contributed by atoms with E-state index in [1.165, 1.54) is 11.1 Å². The first-order valence-corrected chi connectivity index (χ1v) is 7.33. The quantitative estimate of drug-likeness (QED) is 0.785. The monoisotopic (exact) mass is 313 g/mol. The summed E-state index contributed by atoms with van der Waals surface area (Å²) in [6.07, 6.45) is 1.93. The Hall–Kier alpha value is -0.580. The van der Waals surface area contributed by atoms with Crippen molar-refractivity contribution in [3.63, 3.8) is 0 Å². The summed E-state index contributed by atoms with van der Waals surface area (Å²) >= 11 is 3.55. The minimum Gasteiger partial charge on any atom is -0.493 e. The second-order valence-electron chi connectivity index (χ2n) is 4.37. The Morgan fingerprint density at radius 2 is 2.28 bits per heavy atom. The Kier molecular flexibility index (Phi) is 5.47. The fourth-order valence-electron chi connectivity index (χ4n) is 2.14. The first-order valence-electron chi connectivity index (χ1n) is 6.54. The molecular formula is C14H20BrNO2. The van der Waals surface area contributed by atoms with Crippen LogP contribution >= 0.6 is 15.9 Å². The zero-order valence-electron chi connectivity index (χ0n) is 10.8. The van der Waals surface area contributed by atoms with Crippen molar-refractivity contribution >= 4 is 15.9 Å². The molecule has 1 aliphatic rings. The summed E-state index contributed by atoms with van der Waals surface area (Å²) in [6, 6.07) is 4.29. The number of benzene rings is 1. The highest BCUT2D eigenvalue weighted by Crippen LogP contribution is 2.33. The maximum Gasteiger partial charge on any atom is 0.125 e. The maximum atomic E-state index is 5.69. The largest absolute Gasteiger partial charge is 0.493 e. The molecule has 1 aromatic carbocycles. The molecular weight excluding hydrogens is 294 g/mol. The standard InChI is InChI=1S/C14H20BrNO2/c1-2-16-5-8-17-6-3-11-9-13(15)10-12-4-7-18-14(11)12/h9-10,16H,2-8H2,1H3. The zero-order valence-corrected chi connectivity index (χ0v) is 12.4. The minimum atomic E-state index is 0.748. The maximum absolute atomic E-state index is 5.69. The number of halogens is 1. The van der Waals surface area contributed by atoms with Crippen molar-refractivity contribution < 1.29 is 9.47 Å². The molecule has 1 heterocycles. The van der Waals surface area contributed by atoms with E-state index in [0.717, 1.165) is 56.0 Å². The number of fused-ring (bicyclic) bond motifs is 1. The lowest BCUT2D eigenvalue weighted by Gasteiger charge is -2.09. The van der Waals surface area contributed by atoms with E-state index in [9.17, 15) is 0 Å². The summed E-state index contributed by atoms with van der Waals surface area (Å²) in [5.74, 6) is 1.08. The Bertz CT molecular complexity index is 396. The highest BCUT2D eigenvalue weighted by molar-refractivity contribution is 9.10. The number of hydrogen-bond acceptors (Lipinski definition) is 3. The lowest BCUT2D eigenvalue weighted by Crippen LogP contribution is -2.19. The van der Waals surface area contributed by atoms with Gasteiger partial charge in [-0.15, -0.1) is 0 Å². The number of rotatable bonds is 7. The van der Waals surface area contributed by atoms with Crippen LogP contribution in [0, 0.1) is 0 Å². The van der Waals surface area contributed by atoms with Crippen LogP contribution in [0.3, 0.4) is 0 Å². The molecule has 0 atom stereocenters. The van der Waals surface area contributed by atoms with Gasteiger partial charge < -0.3 is 14.8 Å². The van der Waals surface area contributed by atoms with E-state index < -0.39 is 0 Å². The van der Waals surface area contributed by atoms with Gasteiger partial charge in [-0.1, -0.05) is 22.9 Å². The molecule has 0 amide bonds. The van der Waals surface area contributed by atoms with Crippen molar-refractivity contribution in [3.05, 3.63) is 27.7 Å². The molecule has 3 nitrogen and oxygen atoms in total. The van der Waals surface area contributed by atoms with Crippen LogP contribution in [0.1, 0.15) is 18.1 Å². The predicted molar refractivity (Wildman–Crippen MR) is 76.4 cm³/mol. The molecule has 2 rings (SSSR count). The number of nitrogens with one attached hydrogen (secondary N) is 1. The van der Waals surface area contributed by atoms with Gasteiger partial charge in [0.2, 0.25) is 0 Å². The van der Waals surface area contributed by atoms with E-state index in [0.29, 0.717) is 0 Å². The lowest BCUT2D eigenvalue weighted by molar-refractivity contribution is 0.139. The number of likely N-dealkylation sites (N-methyl/N-ethyl adjacent to an activating group) is 1. The molecule has 0 saturated heterocycles. The second-order valence-corrected chi connectivity index (χ2v) is 5.28. The fraction of sp³-hybridized carbons (Fsp3) is 0.571. The van der Waals surface area contributed by atoms with E-state index >= 15 is 0 Å². The molecule has 4 heteroatoms. The van der Waals surface area contributed by atoms with Gasteiger partial charge in [0.25, 0.3) is 0 Å². The third-order valence-corrected chi connectivity index (χ3v) is 3.47. The third kappa shape index (κ3) is 3.70. The molecule has 18 heavy (non-hydrogen) atoms. The van der Waals surface area contributed by atoms with Crippen molar-refractivity contribution in [1.82, 2.24) is 5.32 Å². The summed E-state index contributed by atoms with van der Waals surface area (Å²) in [5, 5.41) is 3.24. The zero-order chi connectivity index (χ0) is 12.8. The smallest absolute Gasteiger partial charge is 0.125 e. The van der Waals surface area contributed by atoms with E-state index in [1.54, 1.807) is 0 Å². The molecule has 0 saturated carbocycles. The van der Waals surface area contributed by atoms with Gasteiger partial charge in [0.05, 0.1) is 19.8 Å². The fourth-order valence-corrected chi connectivity index (χ4v) is 2.69. The first kappa shape index (κ1) is 13.8.